The quantitative estimate of drug-likeness (QED) is 0.544. The fourth-order valence-electron chi connectivity index (χ4n) is 1.51. The summed E-state index contributed by atoms with van der Waals surface area (Å²) >= 11 is 0. The number of nitrogens with zero attached hydrogens (tertiary/aromatic N) is 1. The lowest BCUT2D eigenvalue weighted by Crippen LogP contribution is -2.32. The molecule has 1 aliphatic rings. The van der Waals surface area contributed by atoms with E-state index in [2.05, 4.69) is 11.3 Å². The number of hydrogen-bond donors (Lipinski definition) is 1. The summed E-state index contributed by atoms with van der Waals surface area (Å²) in [6, 6.07) is 0.671. The van der Waals surface area contributed by atoms with Crippen molar-refractivity contribution in [2.45, 2.75) is 31.5 Å². The average molecular weight is 136 g/mol. The first-order chi connectivity index (χ1) is 4.86. The third-order valence-electron chi connectivity index (χ3n) is 2.32. The van der Waals surface area contributed by atoms with E-state index >= 15 is 0 Å². The minimum absolute atomic E-state index is 0.338. The fraction of sp³-hybridized carbons (Fsp3) is 0.857. The van der Waals surface area contributed by atoms with Crippen molar-refractivity contribution in [2.24, 2.45) is 0 Å². The molecule has 0 radical (unpaired) electrons. The normalized spacial score (nSPS) is 20.6. The van der Waals surface area contributed by atoms with Crippen molar-refractivity contribution in [1.82, 2.24) is 5.32 Å². The molecule has 0 amide bonds. The van der Waals surface area contributed by atoms with Gasteiger partial charge in [0, 0.05) is 12.0 Å². The maximum Gasteiger partial charge on any atom is 0.267 e. The number of nitriles is 1. The van der Waals surface area contributed by atoms with Gasteiger partial charge in [0.15, 0.2) is 0 Å². The Hall–Kier alpha value is -0.485. The molecule has 0 aliphatic carbocycles. The number of rotatable bonds is 1. The van der Waals surface area contributed by atoms with Gasteiger partial charge in [-0.15, -0.1) is 0 Å². The lowest BCUT2D eigenvalue weighted by atomic mass is 9.42. The van der Waals surface area contributed by atoms with Crippen LogP contribution in [0.5, 0.6) is 0 Å². The molecule has 0 unspecified atom stereocenters. The zero-order chi connectivity index (χ0) is 7.40. The molecular formula is C7H13BN2. The highest BCUT2D eigenvalue weighted by Gasteiger charge is 2.22. The molecule has 10 heavy (non-hydrogen) atoms. The molecular weight excluding hydrogens is 123 g/mol. The summed E-state index contributed by atoms with van der Waals surface area (Å²) in [6.07, 6.45) is 4.52. The molecule has 0 aromatic heterocycles. The molecule has 0 bridgehead atoms. The van der Waals surface area contributed by atoms with Gasteiger partial charge in [0.25, 0.3) is 6.71 Å². The van der Waals surface area contributed by atoms with Crippen LogP contribution >= 0.6 is 0 Å². The van der Waals surface area contributed by atoms with Gasteiger partial charge in [-0.3, -0.25) is 0 Å². The van der Waals surface area contributed by atoms with Crippen LogP contribution in [-0.4, -0.2) is 19.8 Å². The minimum Gasteiger partial charge on any atom is -0.317 e. The van der Waals surface area contributed by atoms with E-state index in [9.17, 15) is 0 Å². The largest absolute Gasteiger partial charge is 0.317 e. The van der Waals surface area contributed by atoms with Gasteiger partial charge in [-0.05, 0) is 19.9 Å². The summed E-state index contributed by atoms with van der Waals surface area (Å²) in [5, 5.41) is 11.8. The topological polar surface area (TPSA) is 35.8 Å². The zero-order valence-electron chi connectivity index (χ0n) is 6.43. The molecule has 2 nitrogen and oxygen atoms in total. The Morgan fingerprint density at radius 3 is 2.50 bits per heavy atom. The predicted molar refractivity (Wildman–Crippen MR) is 43.1 cm³/mol. The molecule has 3 heteroatoms. The standard InChI is InChI=1S/C7H13BN2/c1-10-7-2-4-8(6-9)5-3-7/h7,10H,2-5H2,1H3. The van der Waals surface area contributed by atoms with Gasteiger partial charge < -0.3 is 5.32 Å². The third-order valence-corrected chi connectivity index (χ3v) is 2.32. The van der Waals surface area contributed by atoms with Gasteiger partial charge >= 0.3 is 0 Å². The summed E-state index contributed by atoms with van der Waals surface area (Å²) in [6.45, 7) is 0.338. The van der Waals surface area contributed by atoms with Crippen molar-refractivity contribution in [2.75, 3.05) is 7.05 Å². The highest BCUT2D eigenvalue weighted by atomic mass is 14.9. The van der Waals surface area contributed by atoms with Crippen LogP contribution in [-0.2, 0) is 0 Å². The first kappa shape index (κ1) is 7.62. The molecule has 1 rings (SSSR count). The SMILES string of the molecule is CNC1CCB(C#N)CC1. The molecule has 0 spiro atoms. The zero-order valence-corrected chi connectivity index (χ0v) is 6.43. The van der Waals surface area contributed by atoms with Crippen LogP contribution in [0.3, 0.4) is 0 Å². The smallest absolute Gasteiger partial charge is 0.267 e. The number of hydrogen-bond acceptors (Lipinski definition) is 2. The Morgan fingerprint density at radius 2 is 2.10 bits per heavy atom. The molecule has 0 aromatic carbocycles. The van der Waals surface area contributed by atoms with E-state index in [4.69, 9.17) is 5.26 Å². The van der Waals surface area contributed by atoms with E-state index in [1.807, 2.05) is 7.05 Å². The highest BCUT2D eigenvalue weighted by molar-refractivity contribution is 6.67. The van der Waals surface area contributed by atoms with Gasteiger partial charge in [0.05, 0.1) is 0 Å². The van der Waals surface area contributed by atoms with E-state index in [1.165, 1.54) is 12.8 Å². The Kier molecular flexibility index (Phi) is 2.76. The first-order valence-electron chi connectivity index (χ1n) is 3.93. The van der Waals surface area contributed by atoms with Crippen molar-refractivity contribution in [3.8, 4) is 5.97 Å². The van der Waals surface area contributed by atoms with Crippen LogP contribution < -0.4 is 5.32 Å². The van der Waals surface area contributed by atoms with Crippen molar-refractivity contribution in [1.29, 1.82) is 5.26 Å². The van der Waals surface area contributed by atoms with Crippen LogP contribution in [0.2, 0.25) is 12.6 Å². The second kappa shape index (κ2) is 3.63. The molecule has 1 saturated heterocycles. The molecule has 0 saturated carbocycles. The van der Waals surface area contributed by atoms with E-state index < -0.39 is 0 Å². The van der Waals surface area contributed by atoms with Crippen molar-refractivity contribution in [3.63, 3.8) is 0 Å². The summed E-state index contributed by atoms with van der Waals surface area (Å²) < 4.78 is 0. The van der Waals surface area contributed by atoms with E-state index in [1.54, 1.807) is 0 Å². The molecule has 0 atom stereocenters. The summed E-state index contributed by atoms with van der Waals surface area (Å²) in [4.78, 5) is 0. The van der Waals surface area contributed by atoms with Gasteiger partial charge in [-0.1, -0.05) is 12.6 Å². The summed E-state index contributed by atoms with van der Waals surface area (Å²) in [5.74, 6) is 2.32. The van der Waals surface area contributed by atoms with E-state index in [0.717, 1.165) is 12.6 Å². The fourth-order valence-corrected chi connectivity index (χ4v) is 1.51. The molecule has 1 heterocycles. The van der Waals surface area contributed by atoms with Crippen molar-refractivity contribution in [3.05, 3.63) is 0 Å². The maximum absolute atomic E-state index is 8.58. The van der Waals surface area contributed by atoms with Crippen LogP contribution in [0.4, 0.5) is 0 Å². The van der Waals surface area contributed by atoms with Gasteiger partial charge in [0.2, 0.25) is 0 Å². The monoisotopic (exact) mass is 136 g/mol. The van der Waals surface area contributed by atoms with Crippen LogP contribution in [0.25, 0.3) is 0 Å². The number of nitrogens with one attached hydrogen (secondary N) is 1. The Labute approximate surface area is 62.7 Å². The molecule has 1 fully saturated rings. The second-order valence-electron chi connectivity index (χ2n) is 2.97. The van der Waals surface area contributed by atoms with E-state index in [-0.39, 0.29) is 0 Å². The molecule has 54 valence electrons. The van der Waals surface area contributed by atoms with Gasteiger partial charge in [-0.25, -0.2) is 5.26 Å². The van der Waals surface area contributed by atoms with E-state index in [0.29, 0.717) is 12.8 Å². The lowest BCUT2D eigenvalue weighted by Gasteiger charge is -2.21. The average Bonchev–Trinajstić information content (AvgIpc) is 2.05. The van der Waals surface area contributed by atoms with Crippen molar-refractivity contribution < 1.29 is 0 Å². The first-order valence-corrected chi connectivity index (χ1v) is 3.93. The second-order valence-corrected chi connectivity index (χ2v) is 2.97. The van der Waals surface area contributed by atoms with Gasteiger partial charge in [0.1, 0.15) is 0 Å². The summed E-state index contributed by atoms with van der Waals surface area (Å²) in [5.41, 5.74) is 0. The van der Waals surface area contributed by atoms with Crippen LogP contribution in [0.1, 0.15) is 12.8 Å². The predicted octanol–water partition coefficient (Wildman–Crippen LogP) is 0.926. The molecule has 1 N–H and O–H groups in total. The Bertz CT molecular complexity index is 133. The lowest BCUT2D eigenvalue weighted by molar-refractivity contribution is 0.511. The Balaban J connectivity index is 2.25. The molecule has 0 aromatic rings. The van der Waals surface area contributed by atoms with Crippen LogP contribution in [0.15, 0.2) is 0 Å². The summed E-state index contributed by atoms with van der Waals surface area (Å²) in [7, 11) is 2.00. The van der Waals surface area contributed by atoms with Crippen LogP contribution in [0, 0.1) is 11.2 Å². The highest BCUT2D eigenvalue weighted by Crippen LogP contribution is 2.18. The minimum atomic E-state index is 0.338. The third kappa shape index (κ3) is 1.75. The molecule has 1 aliphatic heterocycles. The Morgan fingerprint density at radius 1 is 1.50 bits per heavy atom. The van der Waals surface area contributed by atoms with Crippen molar-refractivity contribution >= 4 is 6.71 Å². The maximum atomic E-state index is 8.58. The van der Waals surface area contributed by atoms with Gasteiger partial charge in [-0.2, -0.15) is 0 Å².